The van der Waals surface area contributed by atoms with Crippen LogP contribution in [0.25, 0.3) is 0 Å². The molecule has 0 saturated carbocycles. The zero-order chi connectivity index (χ0) is 14.2. The summed E-state index contributed by atoms with van der Waals surface area (Å²) in [5, 5.41) is 20.7. The van der Waals surface area contributed by atoms with Crippen LogP contribution < -0.4 is 0 Å². The molecule has 0 unspecified atom stereocenters. The molecular formula is C14H19Cl2NO2. The van der Waals surface area contributed by atoms with Gasteiger partial charge in [0.2, 0.25) is 0 Å². The quantitative estimate of drug-likeness (QED) is 0.881. The van der Waals surface area contributed by atoms with Crippen molar-refractivity contribution in [1.29, 1.82) is 0 Å². The van der Waals surface area contributed by atoms with Gasteiger partial charge in [0, 0.05) is 30.2 Å². The molecule has 0 amide bonds. The number of nitrogens with zero attached hydrogens (tertiary/aromatic N) is 1. The summed E-state index contributed by atoms with van der Waals surface area (Å²) < 4.78 is 0. The Kier molecular flexibility index (Phi) is 4.31. The van der Waals surface area contributed by atoms with Crippen molar-refractivity contribution in [3.8, 4) is 5.75 Å². The van der Waals surface area contributed by atoms with Crippen molar-refractivity contribution in [2.75, 3.05) is 13.1 Å². The van der Waals surface area contributed by atoms with E-state index in [1.807, 2.05) is 13.8 Å². The summed E-state index contributed by atoms with van der Waals surface area (Å²) >= 11 is 12.2. The molecule has 0 bridgehead atoms. The SMILES string of the molecule is C[C@@H]1CN(Cc2c(Cl)ccc(O)c2Cl)CC[C@]1(C)O. The van der Waals surface area contributed by atoms with E-state index in [0.29, 0.717) is 16.6 Å². The van der Waals surface area contributed by atoms with E-state index in [9.17, 15) is 10.2 Å². The van der Waals surface area contributed by atoms with Gasteiger partial charge in [-0.25, -0.2) is 0 Å². The first-order valence-electron chi connectivity index (χ1n) is 6.42. The second kappa shape index (κ2) is 5.49. The molecule has 2 rings (SSSR count). The molecule has 5 heteroatoms. The monoisotopic (exact) mass is 303 g/mol. The van der Waals surface area contributed by atoms with Crippen LogP contribution in [0.5, 0.6) is 5.75 Å². The number of likely N-dealkylation sites (tertiary alicyclic amines) is 1. The highest BCUT2D eigenvalue weighted by atomic mass is 35.5. The van der Waals surface area contributed by atoms with Gasteiger partial charge in [-0.15, -0.1) is 0 Å². The van der Waals surface area contributed by atoms with Gasteiger partial charge in [-0.2, -0.15) is 0 Å². The van der Waals surface area contributed by atoms with Crippen LogP contribution >= 0.6 is 23.2 Å². The predicted octanol–water partition coefficient (Wildman–Crippen LogP) is 3.29. The smallest absolute Gasteiger partial charge is 0.134 e. The van der Waals surface area contributed by atoms with Gasteiger partial charge < -0.3 is 10.2 Å². The fourth-order valence-electron chi connectivity index (χ4n) is 2.40. The number of piperidine rings is 1. The summed E-state index contributed by atoms with van der Waals surface area (Å²) in [5.74, 6) is 0.245. The van der Waals surface area contributed by atoms with Crippen LogP contribution in [0.3, 0.4) is 0 Å². The van der Waals surface area contributed by atoms with Crippen LogP contribution in [0.4, 0.5) is 0 Å². The Balaban J connectivity index is 2.13. The summed E-state index contributed by atoms with van der Waals surface area (Å²) in [6.45, 7) is 6.09. The molecule has 106 valence electrons. The van der Waals surface area contributed by atoms with Gasteiger partial charge >= 0.3 is 0 Å². The molecule has 1 saturated heterocycles. The maximum Gasteiger partial charge on any atom is 0.134 e. The molecule has 0 spiro atoms. The van der Waals surface area contributed by atoms with Crippen molar-refractivity contribution in [1.82, 2.24) is 4.90 Å². The molecule has 0 aliphatic carbocycles. The fourth-order valence-corrected chi connectivity index (χ4v) is 2.89. The van der Waals surface area contributed by atoms with Crippen molar-refractivity contribution in [3.05, 3.63) is 27.7 Å². The molecule has 1 heterocycles. The fraction of sp³-hybridized carbons (Fsp3) is 0.571. The van der Waals surface area contributed by atoms with E-state index in [0.717, 1.165) is 25.1 Å². The van der Waals surface area contributed by atoms with Crippen molar-refractivity contribution < 1.29 is 10.2 Å². The highest BCUT2D eigenvalue weighted by Gasteiger charge is 2.34. The van der Waals surface area contributed by atoms with E-state index in [2.05, 4.69) is 4.90 Å². The van der Waals surface area contributed by atoms with Crippen LogP contribution in [0, 0.1) is 5.92 Å². The molecule has 0 radical (unpaired) electrons. The highest BCUT2D eigenvalue weighted by molar-refractivity contribution is 6.36. The second-order valence-electron chi connectivity index (χ2n) is 5.60. The second-order valence-corrected chi connectivity index (χ2v) is 6.39. The van der Waals surface area contributed by atoms with Crippen molar-refractivity contribution >= 4 is 23.2 Å². The third kappa shape index (κ3) is 3.16. The first-order valence-corrected chi connectivity index (χ1v) is 7.17. The normalized spacial score (nSPS) is 28.6. The molecule has 1 fully saturated rings. The first-order chi connectivity index (χ1) is 8.81. The summed E-state index contributed by atoms with van der Waals surface area (Å²) in [6.07, 6.45) is 0.724. The number of phenols is 1. The largest absolute Gasteiger partial charge is 0.506 e. The van der Waals surface area contributed by atoms with Gasteiger partial charge in [-0.05, 0) is 31.4 Å². The average Bonchev–Trinajstić information content (AvgIpc) is 2.34. The van der Waals surface area contributed by atoms with Gasteiger partial charge in [-0.3, -0.25) is 4.90 Å². The maximum absolute atomic E-state index is 10.2. The summed E-state index contributed by atoms with van der Waals surface area (Å²) in [5.41, 5.74) is 0.139. The van der Waals surface area contributed by atoms with Crippen molar-refractivity contribution in [3.63, 3.8) is 0 Å². The number of aromatic hydroxyl groups is 1. The number of halogens is 2. The highest BCUT2D eigenvalue weighted by Crippen LogP contribution is 2.35. The van der Waals surface area contributed by atoms with Gasteiger partial charge in [-0.1, -0.05) is 30.1 Å². The third-order valence-electron chi connectivity index (χ3n) is 4.08. The molecule has 1 aromatic rings. The molecule has 2 N–H and O–H groups in total. The summed E-state index contributed by atoms with van der Waals surface area (Å²) in [7, 11) is 0. The van der Waals surface area contributed by atoms with E-state index in [1.165, 1.54) is 6.07 Å². The van der Waals surface area contributed by atoms with Crippen LogP contribution in [0.1, 0.15) is 25.8 Å². The lowest BCUT2D eigenvalue weighted by Gasteiger charge is -2.41. The minimum absolute atomic E-state index is 0.0538. The standard InChI is InChI=1S/C14H19Cl2NO2/c1-9-7-17(6-5-14(9,2)19)8-10-11(15)3-4-12(18)13(10)16/h3-4,9,18-19H,5-8H2,1-2H3/t9-,14+/m1/s1. The van der Waals surface area contributed by atoms with E-state index in [4.69, 9.17) is 23.2 Å². The molecular weight excluding hydrogens is 285 g/mol. The molecule has 1 aliphatic heterocycles. The Morgan fingerprint density at radius 3 is 2.74 bits per heavy atom. The van der Waals surface area contributed by atoms with Gasteiger partial charge in [0.25, 0.3) is 0 Å². The number of rotatable bonds is 2. The minimum Gasteiger partial charge on any atom is -0.506 e. The average molecular weight is 304 g/mol. The molecule has 19 heavy (non-hydrogen) atoms. The number of aliphatic hydroxyl groups is 1. The molecule has 0 aromatic heterocycles. The van der Waals surface area contributed by atoms with Crippen LogP contribution in [0.15, 0.2) is 12.1 Å². The Bertz CT molecular complexity index is 477. The van der Waals surface area contributed by atoms with Crippen LogP contribution in [0.2, 0.25) is 10.0 Å². The van der Waals surface area contributed by atoms with Gasteiger partial charge in [0.1, 0.15) is 5.75 Å². The van der Waals surface area contributed by atoms with Crippen LogP contribution in [-0.4, -0.2) is 33.8 Å². The topological polar surface area (TPSA) is 43.7 Å². The zero-order valence-electron chi connectivity index (χ0n) is 11.2. The molecule has 2 atom stereocenters. The zero-order valence-corrected chi connectivity index (χ0v) is 12.7. The van der Waals surface area contributed by atoms with Crippen molar-refractivity contribution in [2.45, 2.75) is 32.4 Å². The van der Waals surface area contributed by atoms with Crippen LogP contribution in [-0.2, 0) is 6.54 Å². The van der Waals surface area contributed by atoms with E-state index < -0.39 is 5.60 Å². The number of benzene rings is 1. The summed E-state index contributed by atoms with van der Waals surface area (Å²) in [4.78, 5) is 2.20. The number of hydrogen-bond acceptors (Lipinski definition) is 3. The molecule has 1 aromatic carbocycles. The number of phenolic OH excluding ortho intramolecular Hbond substituents is 1. The molecule has 3 nitrogen and oxygen atoms in total. The Morgan fingerprint density at radius 2 is 2.11 bits per heavy atom. The maximum atomic E-state index is 10.2. The van der Waals surface area contributed by atoms with Gasteiger partial charge in [0.15, 0.2) is 0 Å². The first kappa shape index (κ1) is 14.9. The lowest BCUT2D eigenvalue weighted by Crippen LogP contribution is -2.48. The van der Waals surface area contributed by atoms with Crippen molar-refractivity contribution in [2.24, 2.45) is 5.92 Å². The Morgan fingerprint density at radius 1 is 1.42 bits per heavy atom. The summed E-state index contributed by atoms with van der Waals surface area (Å²) in [6, 6.07) is 3.15. The number of hydrogen-bond donors (Lipinski definition) is 2. The lowest BCUT2D eigenvalue weighted by atomic mass is 9.84. The van der Waals surface area contributed by atoms with E-state index in [1.54, 1.807) is 6.07 Å². The Labute approximate surface area is 123 Å². The Hall–Kier alpha value is -0.480. The molecule has 1 aliphatic rings. The van der Waals surface area contributed by atoms with E-state index in [-0.39, 0.29) is 11.7 Å². The minimum atomic E-state index is -0.608. The third-order valence-corrected chi connectivity index (χ3v) is 4.85. The predicted molar refractivity (Wildman–Crippen MR) is 77.8 cm³/mol. The van der Waals surface area contributed by atoms with Gasteiger partial charge in [0.05, 0.1) is 10.6 Å². The van der Waals surface area contributed by atoms with E-state index >= 15 is 0 Å². The lowest BCUT2D eigenvalue weighted by molar-refractivity contribution is -0.0523.